The van der Waals surface area contributed by atoms with Gasteiger partial charge in [-0.05, 0) is 54.0 Å². The Hall–Kier alpha value is -4.14. The Balaban J connectivity index is 1.57. The minimum Gasteiger partial charge on any atom is -0.492 e. The molecule has 1 N–H and O–H groups in total. The number of thiazole rings is 1. The van der Waals surface area contributed by atoms with Gasteiger partial charge < -0.3 is 19.6 Å². The average molecular weight is 626 g/mol. The van der Waals surface area contributed by atoms with E-state index in [1.54, 1.807) is 30.0 Å². The molecular formula is C28H25F6N5O3S. The van der Waals surface area contributed by atoms with Crippen LogP contribution in [0, 0.1) is 0 Å². The van der Waals surface area contributed by atoms with Crippen molar-refractivity contribution in [3.8, 4) is 5.88 Å². The second kappa shape index (κ2) is 11.9. The minimum absolute atomic E-state index is 0.103. The van der Waals surface area contributed by atoms with Crippen molar-refractivity contribution in [3.05, 3.63) is 74.1 Å². The topological polar surface area (TPSA) is 90.6 Å². The molecule has 228 valence electrons. The van der Waals surface area contributed by atoms with Crippen molar-refractivity contribution in [2.75, 3.05) is 37.7 Å². The third kappa shape index (κ3) is 6.60. The number of aromatic hydroxyl groups is 1. The zero-order chi connectivity index (χ0) is 30.9. The van der Waals surface area contributed by atoms with Crippen molar-refractivity contribution in [2.24, 2.45) is 10.2 Å². The van der Waals surface area contributed by atoms with Crippen LogP contribution in [-0.2, 0) is 23.5 Å². The first kappa shape index (κ1) is 30.3. The number of anilines is 1. The molecule has 1 amide bonds. The number of hydrogen-bond donors (Lipinski definition) is 1. The van der Waals surface area contributed by atoms with E-state index in [1.165, 1.54) is 6.21 Å². The highest BCUT2D eigenvalue weighted by atomic mass is 32.1. The lowest BCUT2D eigenvalue weighted by Gasteiger charge is -2.21. The van der Waals surface area contributed by atoms with E-state index in [0.29, 0.717) is 59.9 Å². The summed E-state index contributed by atoms with van der Waals surface area (Å²) >= 11 is 1.05. The molecule has 1 saturated heterocycles. The van der Waals surface area contributed by atoms with Crippen molar-refractivity contribution in [3.63, 3.8) is 0 Å². The van der Waals surface area contributed by atoms with E-state index in [9.17, 15) is 36.2 Å². The molecule has 0 atom stereocenters. The van der Waals surface area contributed by atoms with Gasteiger partial charge in [-0.2, -0.15) is 41.5 Å². The third-order valence-electron chi connectivity index (χ3n) is 7.01. The molecular weight excluding hydrogens is 600 g/mol. The smallest absolute Gasteiger partial charge is 0.416 e. The molecule has 0 bridgehead atoms. The maximum atomic E-state index is 14.0. The number of fused-ring (bicyclic) bond motifs is 1. The van der Waals surface area contributed by atoms with E-state index >= 15 is 0 Å². The van der Waals surface area contributed by atoms with E-state index < -0.39 is 47.4 Å². The van der Waals surface area contributed by atoms with Crippen molar-refractivity contribution in [1.29, 1.82) is 0 Å². The molecule has 0 saturated carbocycles. The molecule has 1 fully saturated rings. The normalized spacial score (nSPS) is 16.1. The van der Waals surface area contributed by atoms with Gasteiger partial charge in [-0.25, -0.2) is 4.79 Å². The lowest BCUT2D eigenvalue weighted by atomic mass is 9.94. The van der Waals surface area contributed by atoms with Crippen LogP contribution < -0.4 is 15.5 Å². The van der Waals surface area contributed by atoms with Gasteiger partial charge in [0.1, 0.15) is 0 Å². The van der Waals surface area contributed by atoms with Gasteiger partial charge in [-0.1, -0.05) is 23.5 Å². The summed E-state index contributed by atoms with van der Waals surface area (Å²) in [6.07, 6.45) is -8.87. The molecule has 0 radical (unpaired) electrons. The molecule has 5 rings (SSSR count). The van der Waals surface area contributed by atoms with E-state index in [4.69, 9.17) is 4.74 Å². The first-order chi connectivity index (χ1) is 20.3. The molecule has 2 aliphatic heterocycles. The molecule has 2 aliphatic rings. The van der Waals surface area contributed by atoms with Crippen LogP contribution in [0.5, 0.6) is 5.88 Å². The fraction of sp³-hybridized carbons (Fsp3) is 0.357. The Morgan fingerprint density at radius 3 is 2.53 bits per heavy atom. The van der Waals surface area contributed by atoms with Crippen LogP contribution >= 0.6 is 11.3 Å². The van der Waals surface area contributed by atoms with Crippen molar-refractivity contribution >= 4 is 34.3 Å². The molecule has 2 aromatic carbocycles. The van der Waals surface area contributed by atoms with Crippen LogP contribution in [0.25, 0.3) is 5.57 Å². The number of alkyl halides is 6. The molecule has 0 aliphatic carbocycles. The summed E-state index contributed by atoms with van der Waals surface area (Å²) < 4.78 is 87.1. The van der Waals surface area contributed by atoms with Gasteiger partial charge >= 0.3 is 18.4 Å². The Labute approximate surface area is 245 Å². The summed E-state index contributed by atoms with van der Waals surface area (Å²) in [6, 6.07) is 6.39. The van der Waals surface area contributed by atoms with Crippen molar-refractivity contribution in [1.82, 2.24) is 9.88 Å². The van der Waals surface area contributed by atoms with Gasteiger partial charge in [0.2, 0.25) is 5.88 Å². The Morgan fingerprint density at radius 2 is 1.81 bits per heavy atom. The molecule has 0 unspecified atom stereocenters. The number of aromatic nitrogens is 1. The molecule has 3 aromatic rings. The second-order valence-electron chi connectivity index (χ2n) is 9.82. The summed E-state index contributed by atoms with van der Waals surface area (Å²) in [6.45, 7) is 3.59. The summed E-state index contributed by atoms with van der Waals surface area (Å²) in [7, 11) is 0. The summed E-state index contributed by atoms with van der Waals surface area (Å²) in [5.41, 5.74) is -2.41. The quantitative estimate of drug-likeness (QED) is 0.405. The largest absolute Gasteiger partial charge is 0.492 e. The predicted octanol–water partition coefficient (Wildman–Crippen LogP) is 4.96. The lowest BCUT2D eigenvalue weighted by molar-refractivity contribution is -0.143. The number of benzene rings is 2. The van der Waals surface area contributed by atoms with Crippen molar-refractivity contribution in [2.45, 2.75) is 32.1 Å². The molecule has 1 aromatic heterocycles. The van der Waals surface area contributed by atoms with Crippen LogP contribution in [0.2, 0.25) is 0 Å². The maximum absolute atomic E-state index is 14.0. The van der Waals surface area contributed by atoms with Gasteiger partial charge in [0, 0.05) is 38.2 Å². The zero-order valence-corrected chi connectivity index (χ0v) is 23.5. The van der Waals surface area contributed by atoms with E-state index in [0.717, 1.165) is 17.4 Å². The second-order valence-corrected chi connectivity index (χ2v) is 10.8. The SMILES string of the molecule is CCOC(=O)N1CCCN(c2nc(O)c(C(Cc3ccc(C(F)(F)F)cc3C(F)(F)F)=c3ccc4c(c3)C=NN=4)s2)CC1. The molecule has 0 spiro atoms. The van der Waals surface area contributed by atoms with E-state index in [-0.39, 0.29) is 23.1 Å². The van der Waals surface area contributed by atoms with Crippen molar-refractivity contribution < 1.29 is 41.0 Å². The predicted molar refractivity (Wildman–Crippen MR) is 147 cm³/mol. The fourth-order valence-electron chi connectivity index (χ4n) is 4.90. The maximum Gasteiger partial charge on any atom is 0.416 e. The first-order valence-corrected chi connectivity index (χ1v) is 14.0. The van der Waals surface area contributed by atoms with Crippen LogP contribution in [0.4, 0.5) is 36.3 Å². The van der Waals surface area contributed by atoms with Crippen LogP contribution in [0.15, 0.2) is 46.6 Å². The Morgan fingerprint density at radius 1 is 1.02 bits per heavy atom. The standard InChI is InChI=1S/C28H25F6N5O3S/c1-2-42-26(41)39-9-3-8-38(10-11-39)25-36-24(40)23(43-25)20(16-5-7-22-18(12-16)15-35-37-22)13-17-4-6-19(27(29,30)31)14-21(17)28(32,33)34/h4-7,12,14-15,40H,2-3,8-11,13H2,1H3. The summed E-state index contributed by atoms with van der Waals surface area (Å²) in [5.74, 6) is -0.430. The summed E-state index contributed by atoms with van der Waals surface area (Å²) in [5, 5.41) is 20.1. The number of amides is 1. The Kier molecular flexibility index (Phi) is 8.36. The highest BCUT2D eigenvalue weighted by Gasteiger charge is 2.38. The monoisotopic (exact) mass is 625 g/mol. The number of hydrogen-bond acceptors (Lipinski definition) is 8. The average Bonchev–Trinajstić information content (AvgIpc) is 3.48. The van der Waals surface area contributed by atoms with Crippen LogP contribution in [0.3, 0.4) is 0 Å². The number of carbonyl (C=O) groups is 1. The number of halogens is 6. The minimum atomic E-state index is -5.07. The first-order valence-electron chi connectivity index (χ1n) is 13.2. The van der Waals surface area contributed by atoms with Gasteiger partial charge in [0.25, 0.3) is 0 Å². The number of rotatable bonds is 5. The molecule has 43 heavy (non-hydrogen) atoms. The molecule has 8 nitrogen and oxygen atoms in total. The van der Waals surface area contributed by atoms with E-state index in [1.807, 2.05) is 4.90 Å². The van der Waals surface area contributed by atoms with Crippen LogP contribution in [0.1, 0.15) is 40.5 Å². The number of ether oxygens (including phenoxy) is 1. The number of nitrogens with zero attached hydrogens (tertiary/aromatic N) is 5. The highest BCUT2D eigenvalue weighted by molar-refractivity contribution is 7.17. The third-order valence-corrected chi connectivity index (χ3v) is 8.18. The highest BCUT2D eigenvalue weighted by Crippen LogP contribution is 2.41. The zero-order valence-electron chi connectivity index (χ0n) is 22.7. The Bertz CT molecular complexity index is 1690. The van der Waals surface area contributed by atoms with E-state index in [2.05, 4.69) is 15.2 Å². The fourth-order valence-corrected chi connectivity index (χ4v) is 5.98. The molecule has 15 heteroatoms. The van der Waals surface area contributed by atoms with Crippen LogP contribution in [-0.4, -0.2) is 60.1 Å². The number of carbonyl (C=O) groups excluding carboxylic acids is 1. The van der Waals surface area contributed by atoms with Gasteiger partial charge in [-0.3, -0.25) is 0 Å². The van der Waals surface area contributed by atoms with Gasteiger partial charge in [0.15, 0.2) is 5.13 Å². The summed E-state index contributed by atoms with van der Waals surface area (Å²) in [4.78, 5) is 20.1. The van der Waals surface area contributed by atoms with Gasteiger partial charge in [-0.15, -0.1) is 0 Å². The lowest BCUT2D eigenvalue weighted by Crippen LogP contribution is -2.35. The van der Waals surface area contributed by atoms with Gasteiger partial charge in [0.05, 0.1) is 34.2 Å². The molecule has 3 heterocycles.